The molecule has 0 unspecified atom stereocenters. The van der Waals surface area contributed by atoms with Gasteiger partial charge in [0.05, 0.1) is 12.1 Å². The molecule has 0 aliphatic carbocycles. The van der Waals surface area contributed by atoms with Gasteiger partial charge < -0.3 is 10.1 Å². The number of carbonyl (C=O) groups is 1. The highest BCUT2D eigenvalue weighted by atomic mass is 35.5. The fraction of sp³-hybridized carbons (Fsp3) is 0.200. The maximum atomic E-state index is 10.6. The molecule has 5 nitrogen and oxygen atoms in total. The molecule has 0 radical (unpaired) electrons. The average Bonchev–Trinajstić information content (AvgIpc) is 2.82. The van der Waals surface area contributed by atoms with Crippen molar-refractivity contribution >= 4 is 17.6 Å². The molecule has 6 heteroatoms. The maximum absolute atomic E-state index is 10.6. The smallest absolute Gasteiger partial charge is 0.309 e. The van der Waals surface area contributed by atoms with Crippen LogP contribution in [0.1, 0.15) is 17.0 Å². The molecule has 0 spiro atoms. The van der Waals surface area contributed by atoms with Crippen molar-refractivity contribution in [2.24, 2.45) is 0 Å². The molecule has 0 aliphatic heterocycles. The quantitative estimate of drug-likeness (QED) is 0.758. The van der Waals surface area contributed by atoms with Gasteiger partial charge in [-0.25, -0.2) is 0 Å². The lowest BCUT2D eigenvalue weighted by molar-refractivity contribution is -0.136. The zero-order chi connectivity index (χ0) is 11.5. The van der Waals surface area contributed by atoms with Crippen LogP contribution < -0.4 is 0 Å². The molecule has 0 saturated carbocycles. The second-order valence-electron chi connectivity index (χ2n) is 3.41. The molecule has 0 aliphatic rings. The Morgan fingerprint density at radius 3 is 3.00 bits per heavy atom. The van der Waals surface area contributed by atoms with Crippen LogP contribution in [0, 0.1) is 0 Å². The van der Waals surface area contributed by atoms with Gasteiger partial charge in [-0.05, 0) is 12.1 Å². The number of H-pyrrole nitrogens is 2. The van der Waals surface area contributed by atoms with Gasteiger partial charge >= 0.3 is 5.97 Å². The average molecular weight is 240 g/mol. The molecule has 2 aromatic rings. The number of aromatic amines is 2. The summed E-state index contributed by atoms with van der Waals surface area (Å²) in [6.07, 6.45) is 2.25. The van der Waals surface area contributed by atoms with E-state index in [1.807, 2.05) is 12.1 Å². The summed E-state index contributed by atoms with van der Waals surface area (Å²) in [5.74, 6) is -0.909. The van der Waals surface area contributed by atoms with E-state index >= 15 is 0 Å². The van der Waals surface area contributed by atoms with Crippen LogP contribution in [-0.4, -0.2) is 26.3 Å². The summed E-state index contributed by atoms with van der Waals surface area (Å²) in [7, 11) is 0. The lowest BCUT2D eigenvalue weighted by atomic mass is 10.1. The SMILES string of the molecule is O=C(O)Cc1[nH]nc(Cl)c1Cc1ccc[nH]1. The van der Waals surface area contributed by atoms with E-state index in [9.17, 15) is 4.79 Å². The topological polar surface area (TPSA) is 81.8 Å². The van der Waals surface area contributed by atoms with Crippen molar-refractivity contribution in [2.45, 2.75) is 12.8 Å². The minimum atomic E-state index is -0.909. The molecule has 2 aromatic heterocycles. The third-order valence-corrected chi connectivity index (χ3v) is 2.57. The van der Waals surface area contributed by atoms with E-state index in [-0.39, 0.29) is 6.42 Å². The zero-order valence-electron chi connectivity index (χ0n) is 8.33. The van der Waals surface area contributed by atoms with Gasteiger partial charge in [-0.2, -0.15) is 5.10 Å². The van der Waals surface area contributed by atoms with Gasteiger partial charge in [-0.3, -0.25) is 9.89 Å². The highest BCUT2D eigenvalue weighted by Crippen LogP contribution is 2.20. The van der Waals surface area contributed by atoms with Gasteiger partial charge in [-0.15, -0.1) is 0 Å². The number of nitrogens with zero attached hydrogens (tertiary/aromatic N) is 1. The minimum Gasteiger partial charge on any atom is -0.481 e. The molecule has 0 amide bonds. The summed E-state index contributed by atoms with van der Waals surface area (Å²) in [4.78, 5) is 13.7. The van der Waals surface area contributed by atoms with Crippen molar-refractivity contribution in [1.82, 2.24) is 15.2 Å². The largest absolute Gasteiger partial charge is 0.481 e. The van der Waals surface area contributed by atoms with Gasteiger partial charge in [0.2, 0.25) is 0 Å². The monoisotopic (exact) mass is 239 g/mol. The number of aromatic nitrogens is 3. The van der Waals surface area contributed by atoms with Crippen molar-refractivity contribution in [3.8, 4) is 0 Å². The van der Waals surface area contributed by atoms with Crippen LogP contribution in [-0.2, 0) is 17.6 Å². The number of aliphatic carboxylic acids is 1. The van der Waals surface area contributed by atoms with Crippen LogP contribution in [0.3, 0.4) is 0 Å². The van der Waals surface area contributed by atoms with E-state index in [2.05, 4.69) is 15.2 Å². The number of hydrogen-bond acceptors (Lipinski definition) is 2. The number of carboxylic acids is 1. The van der Waals surface area contributed by atoms with Crippen molar-refractivity contribution < 1.29 is 9.90 Å². The molecular formula is C10H10ClN3O2. The molecular weight excluding hydrogens is 230 g/mol. The minimum absolute atomic E-state index is 0.101. The van der Waals surface area contributed by atoms with Crippen molar-refractivity contribution in [3.63, 3.8) is 0 Å². The number of halogens is 1. The Kier molecular flexibility index (Phi) is 2.96. The maximum Gasteiger partial charge on any atom is 0.309 e. The predicted molar refractivity (Wildman–Crippen MR) is 58.5 cm³/mol. The van der Waals surface area contributed by atoms with Gasteiger partial charge in [0.15, 0.2) is 5.15 Å². The number of carboxylic acid groups (broad SMARTS) is 1. The fourth-order valence-electron chi connectivity index (χ4n) is 1.52. The van der Waals surface area contributed by atoms with Gasteiger partial charge in [0.1, 0.15) is 0 Å². The second kappa shape index (κ2) is 4.40. The zero-order valence-corrected chi connectivity index (χ0v) is 9.08. The Labute approximate surface area is 96.4 Å². The molecule has 3 N–H and O–H groups in total. The van der Waals surface area contributed by atoms with E-state index in [0.717, 1.165) is 11.3 Å². The molecule has 2 heterocycles. The third-order valence-electron chi connectivity index (χ3n) is 2.26. The van der Waals surface area contributed by atoms with Crippen molar-refractivity contribution in [1.29, 1.82) is 0 Å². The summed E-state index contributed by atoms with van der Waals surface area (Å²) in [5.41, 5.74) is 2.24. The van der Waals surface area contributed by atoms with E-state index in [1.54, 1.807) is 6.20 Å². The lowest BCUT2D eigenvalue weighted by Crippen LogP contribution is -2.03. The second-order valence-corrected chi connectivity index (χ2v) is 3.77. The highest BCUT2D eigenvalue weighted by molar-refractivity contribution is 6.30. The first-order chi connectivity index (χ1) is 7.66. The van der Waals surface area contributed by atoms with E-state index in [0.29, 0.717) is 17.3 Å². The molecule has 0 atom stereocenters. The van der Waals surface area contributed by atoms with E-state index < -0.39 is 5.97 Å². The molecule has 0 aromatic carbocycles. The Balaban J connectivity index is 2.25. The van der Waals surface area contributed by atoms with Crippen LogP contribution in [0.2, 0.25) is 5.15 Å². The van der Waals surface area contributed by atoms with Gasteiger partial charge in [0.25, 0.3) is 0 Å². The molecule has 16 heavy (non-hydrogen) atoms. The van der Waals surface area contributed by atoms with Crippen LogP contribution in [0.25, 0.3) is 0 Å². The Morgan fingerprint density at radius 2 is 2.38 bits per heavy atom. The standard InChI is InChI=1S/C10H10ClN3O2/c11-10-7(4-6-2-1-3-12-6)8(13-14-10)5-9(15)16/h1-3,12H,4-5H2,(H,13,14)(H,15,16). The van der Waals surface area contributed by atoms with Gasteiger partial charge in [0, 0.05) is 23.9 Å². The summed E-state index contributed by atoms with van der Waals surface area (Å²) in [5, 5.41) is 15.5. The normalized spacial score (nSPS) is 10.6. The molecule has 0 saturated heterocycles. The van der Waals surface area contributed by atoms with Crippen LogP contribution >= 0.6 is 11.6 Å². The van der Waals surface area contributed by atoms with E-state index in [4.69, 9.17) is 16.7 Å². The first kappa shape index (κ1) is 10.8. The predicted octanol–water partition coefficient (Wildman–Crippen LogP) is 1.61. The summed E-state index contributed by atoms with van der Waals surface area (Å²) >= 11 is 5.90. The van der Waals surface area contributed by atoms with Crippen LogP contribution in [0.15, 0.2) is 18.3 Å². The first-order valence-corrected chi connectivity index (χ1v) is 5.10. The first-order valence-electron chi connectivity index (χ1n) is 4.72. The van der Waals surface area contributed by atoms with E-state index in [1.165, 1.54) is 0 Å². The summed E-state index contributed by atoms with van der Waals surface area (Å²) in [6, 6.07) is 3.79. The molecule has 0 fully saturated rings. The summed E-state index contributed by atoms with van der Waals surface area (Å²) < 4.78 is 0. The lowest BCUT2D eigenvalue weighted by Gasteiger charge is -2.00. The molecule has 2 rings (SSSR count). The number of nitrogens with one attached hydrogen (secondary N) is 2. The number of hydrogen-bond donors (Lipinski definition) is 3. The summed E-state index contributed by atoms with van der Waals surface area (Å²) in [6.45, 7) is 0. The Bertz CT molecular complexity index is 490. The highest BCUT2D eigenvalue weighted by Gasteiger charge is 2.14. The van der Waals surface area contributed by atoms with Crippen molar-refractivity contribution in [2.75, 3.05) is 0 Å². The van der Waals surface area contributed by atoms with Crippen LogP contribution in [0.5, 0.6) is 0 Å². The Hall–Kier alpha value is -1.75. The molecule has 0 bridgehead atoms. The number of rotatable bonds is 4. The van der Waals surface area contributed by atoms with Gasteiger partial charge in [-0.1, -0.05) is 11.6 Å². The van der Waals surface area contributed by atoms with Crippen LogP contribution in [0.4, 0.5) is 0 Å². The third kappa shape index (κ3) is 2.25. The van der Waals surface area contributed by atoms with Crippen molar-refractivity contribution in [3.05, 3.63) is 40.4 Å². The molecule has 84 valence electrons. The fourth-order valence-corrected chi connectivity index (χ4v) is 1.74. The Morgan fingerprint density at radius 1 is 1.56 bits per heavy atom.